The largest absolute Gasteiger partial charge is 0.333 e. The molecule has 0 aliphatic rings. The maximum absolute atomic E-state index is 13.2. The fourth-order valence-electron chi connectivity index (χ4n) is 2.02. The molecule has 104 valence electrons. The van der Waals surface area contributed by atoms with Crippen LogP contribution in [0.1, 0.15) is 15.9 Å². The third kappa shape index (κ3) is 3.65. The molecule has 0 fully saturated rings. The number of nitrogens with two attached hydrogens (primary N) is 1. The summed E-state index contributed by atoms with van der Waals surface area (Å²) in [6.07, 6.45) is 0. The molecule has 0 heterocycles. The average Bonchev–Trinajstić information content (AvgIpc) is 2.47. The van der Waals surface area contributed by atoms with Crippen LogP contribution in [0.25, 0.3) is 0 Å². The van der Waals surface area contributed by atoms with Crippen molar-refractivity contribution < 1.29 is 9.18 Å². The first-order valence-electron chi connectivity index (χ1n) is 6.49. The van der Waals surface area contributed by atoms with E-state index in [0.29, 0.717) is 25.2 Å². The predicted octanol–water partition coefficient (Wildman–Crippen LogP) is 2.43. The number of benzene rings is 2. The Bertz CT molecular complexity index is 572. The minimum atomic E-state index is -0.414. The fraction of sp³-hybridized carbons (Fsp3) is 0.188. The SMILES string of the molecule is NCCN(Cc1ccccc1)C(=O)c1cccc(F)c1. The first kappa shape index (κ1) is 14.2. The second-order valence-electron chi connectivity index (χ2n) is 4.51. The molecule has 20 heavy (non-hydrogen) atoms. The summed E-state index contributed by atoms with van der Waals surface area (Å²) in [5.74, 6) is -0.623. The summed E-state index contributed by atoms with van der Waals surface area (Å²) in [5.41, 5.74) is 6.92. The standard InChI is InChI=1S/C16H17FN2O/c17-15-8-4-7-14(11-15)16(20)19(10-9-18)12-13-5-2-1-3-6-13/h1-8,11H,9-10,12,18H2. The zero-order valence-corrected chi connectivity index (χ0v) is 11.1. The van der Waals surface area contributed by atoms with Crippen molar-refractivity contribution in [2.45, 2.75) is 6.54 Å². The molecule has 2 N–H and O–H groups in total. The molecule has 2 aromatic carbocycles. The minimum absolute atomic E-state index is 0.209. The topological polar surface area (TPSA) is 46.3 Å². The number of hydrogen-bond acceptors (Lipinski definition) is 2. The number of hydrogen-bond donors (Lipinski definition) is 1. The Labute approximate surface area is 117 Å². The third-order valence-corrected chi connectivity index (χ3v) is 2.97. The van der Waals surface area contributed by atoms with Gasteiger partial charge in [0.2, 0.25) is 0 Å². The molecule has 0 aliphatic carbocycles. The van der Waals surface area contributed by atoms with Gasteiger partial charge >= 0.3 is 0 Å². The number of amides is 1. The van der Waals surface area contributed by atoms with Gasteiger partial charge in [-0.1, -0.05) is 36.4 Å². The van der Waals surface area contributed by atoms with E-state index < -0.39 is 5.82 Å². The molecule has 0 spiro atoms. The minimum Gasteiger partial charge on any atom is -0.333 e. The van der Waals surface area contributed by atoms with Crippen LogP contribution in [0.5, 0.6) is 0 Å². The van der Waals surface area contributed by atoms with Gasteiger partial charge in [-0.2, -0.15) is 0 Å². The lowest BCUT2D eigenvalue weighted by Gasteiger charge is -2.22. The Morgan fingerprint density at radius 2 is 1.85 bits per heavy atom. The molecular formula is C16H17FN2O. The van der Waals surface area contributed by atoms with Crippen molar-refractivity contribution in [2.75, 3.05) is 13.1 Å². The van der Waals surface area contributed by atoms with E-state index in [1.807, 2.05) is 30.3 Å². The van der Waals surface area contributed by atoms with Crippen LogP contribution >= 0.6 is 0 Å². The highest BCUT2D eigenvalue weighted by atomic mass is 19.1. The van der Waals surface area contributed by atoms with Gasteiger partial charge in [0.1, 0.15) is 5.82 Å². The lowest BCUT2D eigenvalue weighted by Crippen LogP contribution is -2.34. The van der Waals surface area contributed by atoms with E-state index in [1.165, 1.54) is 18.2 Å². The van der Waals surface area contributed by atoms with Crippen molar-refractivity contribution >= 4 is 5.91 Å². The van der Waals surface area contributed by atoms with E-state index >= 15 is 0 Å². The zero-order valence-electron chi connectivity index (χ0n) is 11.1. The van der Waals surface area contributed by atoms with Crippen LogP contribution < -0.4 is 5.73 Å². The molecule has 2 aromatic rings. The first-order chi connectivity index (χ1) is 9.70. The van der Waals surface area contributed by atoms with E-state index in [4.69, 9.17) is 5.73 Å². The van der Waals surface area contributed by atoms with Crippen molar-refractivity contribution in [1.82, 2.24) is 4.90 Å². The molecule has 0 unspecified atom stereocenters. The molecule has 0 bridgehead atoms. The number of halogens is 1. The van der Waals surface area contributed by atoms with E-state index in [1.54, 1.807) is 11.0 Å². The van der Waals surface area contributed by atoms with Gasteiger partial charge in [0.15, 0.2) is 0 Å². The molecule has 0 atom stereocenters. The van der Waals surface area contributed by atoms with Crippen molar-refractivity contribution in [1.29, 1.82) is 0 Å². The predicted molar refractivity (Wildman–Crippen MR) is 76.6 cm³/mol. The molecule has 4 heteroatoms. The van der Waals surface area contributed by atoms with Gasteiger partial charge in [0, 0.05) is 25.2 Å². The highest BCUT2D eigenvalue weighted by molar-refractivity contribution is 5.94. The van der Waals surface area contributed by atoms with E-state index in [-0.39, 0.29) is 5.91 Å². The number of rotatable bonds is 5. The van der Waals surface area contributed by atoms with Gasteiger partial charge in [0.25, 0.3) is 5.91 Å². The Morgan fingerprint density at radius 1 is 1.10 bits per heavy atom. The third-order valence-electron chi connectivity index (χ3n) is 2.97. The van der Waals surface area contributed by atoms with Crippen LogP contribution in [0.3, 0.4) is 0 Å². The summed E-state index contributed by atoms with van der Waals surface area (Å²) < 4.78 is 13.2. The van der Waals surface area contributed by atoms with Crippen LogP contribution in [0.2, 0.25) is 0 Å². The van der Waals surface area contributed by atoms with Crippen LogP contribution in [0.15, 0.2) is 54.6 Å². The van der Waals surface area contributed by atoms with E-state index in [0.717, 1.165) is 5.56 Å². The second kappa shape index (κ2) is 6.82. The van der Waals surface area contributed by atoms with Gasteiger partial charge in [-0.05, 0) is 23.8 Å². The molecule has 0 aromatic heterocycles. The summed E-state index contributed by atoms with van der Waals surface area (Å²) >= 11 is 0. The van der Waals surface area contributed by atoms with Crippen LogP contribution in [-0.4, -0.2) is 23.9 Å². The fourth-order valence-corrected chi connectivity index (χ4v) is 2.02. The Balaban J connectivity index is 2.18. The first-order valence-corrected chi connectivity index (χ1v) is 6.49. The molecule has 0 saturated heterocycles. The summed E-state index contributed by atoms with van der Waals surface area (Å²) in [6.45, 7) is 1.27. The lowest BCUT2D eigenvalue weighted by atomic mass is 10.1. The van der Waals surface area contributed by atoms with E-state index in [9.17, 15) is 9.18 Å². The monoisotopic (exact) mass is 272 g/mol. The highest BCUT2D eigenvalue weighted by Gasteiger charge is 2.15. The summed E-state index contributed by atoms with van der Waals surface area (Å²) in [6, 6.07) is 15.4. The number of carbonyl (C=O) groups excluding carboxylic acids is 1. The number of nitrogens with zero attached hydrogens (tertiary/aromatic N) is 1. The van der Waals surface area contributed by atoms with Crippen molar-refractivity contribution in [2.24, 2.45) is 5.73 Å². The van der Waals surface area contributed by atoms with E-state index in [2.05, 4.69) is 0 Å². The quantitative estimate of drug-likeness (QED) is 0.908. The molecule has 2 rings (SSSR count). The second-order valence-corrected chi connectivity index (χ2v) is 4.51. The average molecular weight is 272 g/mol. The van der Waals surface area contributed by atoms with Crippen molar-refractivity contribution in [3.63, 3.8) is 0 Å². The van der Waals surface area contributed by atoms with Gasteiger partial charge < -0.3 is 10.6 Å². The van der Waals surface area contributed by atoms with Crippen molar-refractivity contribution in [3.05, 3.63) is 71.5 Å². The van der Waals surface area contributed by atoms with Crippen molar-refractivity contribution in [3.8, 4) is 0 Å². The Morgan fingerprint density at radius 3 is 2.50 bits per heavy atom. The summed E-state index contributed by atoms with van der Waals surface area (Å²) in [7, 11) is 0. The molecule has 0 saturated carbocycles. The normalized spacial score (nSPS) is 10.3. The van der Waals surface area contributed by atoms with Gasteiger partial charge in [-0.25, -0.2) is 4.39 Å². The number of carbonyl (C=O) groups is 1. The molecule has 3 nitrogen and oxygen atoms in total. The maximum atomic E-state index is 13.2. The van der Waals surface area contributed by atoms with Gasteiger partial charge in [-0.3, -0.25) is 4.79 Å². The highest BCUT2D eigenvalue weighted by Crippen LogP contribution is 2.11. The molecule has 1 amide bonds. The molecule has 0 aliphatic heterocycles. The maximum Gasteiger partial charge on any atom is 0.254 e. The zero-order chi connectivity index (χ0) is 14.4. The summed E-state index contributed by atoms with van der Waals surface area (Å²) in [5, 5.41) is 0. The van der Waals surface area contributed by atoms with Crippen LogP contribution in [-0.2, 0) is 6.54 Å². The van der Waals surface area contributed by atoms with Crippen LogP contribution in [0, 0.1) is 5.82 Å². The smallest absolute Gasteiger partial charge is 0.254 e. The van der Waals surface area contributed by atoms with Crippen LogP contribution in [0.4, 0.5) is 4.39 Å². The molecule has 0 radical (unpaired) electrons. The Kier molecular flexibility index (Phi) is 4.85. The van der Waals surface area contributed by atoms with Gasteiger partial charge in [0.05, 0.1) is 0 Å². The molecular weight excluding hydrogens is 255 g/mol. The lowest BCUT2D eigenvalue weighted by molar-refractivity contribution is 0.0747. The Hall–Kier alpha value is -2.20. The summed E-state index contributed by atoms with van der Waals surface area (Å²) in [4.78, 5) is 14.0. The van der Waals surface area contributed by atoms with Gasteiger partial charge in [-0.15, -0.1) is 0 Å².